The Morgan fingerprint density at radius 2 is 1.62 bits per heavy atom. The molecule has 0 aliphatic heterocycles. The first-order chi connectivity index (χ1) is 15.6. The van der Waals surface area contributed by atoms with Crippen LogP contribution in [0, 0.1) is 0 Å². The first-order valence-electron chi connectivity index (χ1n) is 9.51. The normalized spacial score (nSPS) is 11.1. The Kier molecular flexibility index (Phi) is 5.30. The zero-order valence-corrected chi connectivity index (χ0v) is 17.9. The molecular weight excluding hydrogens is 451 g/mol. The van der Waals surface area contributed by atoms with E-state index >= 15 is 0 Å². The summed E-state index contributed by atoms with van der Waals surface area (Å²) in [6.45, 7) is 0.146. The van der Waals surface area contributed by atoms with Gasteiger partial charge in [-0.15, -0.1) is 5.10 Å². The Bertz CT molecular complexity index is 1450. The summed E-state index contributed by atoms with van der Waals surface area (Å²) in [6.07, 6.45) is 6.27. The molecule has 5 rings (SSSR count). The number of fused-ring (bicyclic) bond motifs is 1. The molecule has 8 nitrogen and oxygen atoms in total. The third-order valence-corrected chi connectivity index (χ3v) is 5.19. The molecule has 32 heavy (non-hydrogen) atoms. The van der Waals surface area contributed by atoms with Crippen molar-refractivity contribution in [3.05, 3.63) is 99.5 Å². The zero-order chi connectivity index (χ0) is 22.1. The largest absolute Gasteiger partial charge is 0.453 e. The topological polar surface area (TPSA) is 87.2 Å². The summed E-state index contributed by atoms with van der Waals surface area (Å²) in [5, 5.41) is 9.98. The van der Waals surface area contributed by atoms with Gasteiger partial charge in [-0.2, -0.15) is 9.61 Å². The maximum absolute atomic E-state index is 12.9. The lowest BCUT2D eigenvalue weighted by Gasteiger charge is -2.12. The summed E-state index contributed by atoms with van der Waals surface area (Å²) in [4.78, 5) is 21.2. The lowest BCUT2D eigenvalue weighted by atomic mass is 10.1. The summed E-state index contributed by atoms with van der Waals surface area (Å²) in [5.74, 6) is 0.910. The quantitative estimate of drug-likeness (QED) is 0.380. The van der Waals surface area contributed by atoms with E-state index in [-0.39, 0.29) is 12.2 Å². The highest BCUT2D eigenvalue weighted by Crippen LogP contribution is 2.36. The van der Waals surface area contributed by atoms with E-state index in [9.17, 15) is 4.79 Å². The van der Waals surface area contributed by atoms with Gasteiger partial charge < -0.3 is 4.74 Å². The van der Waals surface area contributed by atoms with Crippen molar-refractivity contribution in [2.24, 2.45) is 0 Å². The standard InChI is InChI=1S/C22H14Cl2N6O2/c23-15-3-1-14(2-4-15)19-12-27-30-21(20(19)32-18-7-5-16(24)6-8-18)28-29(22(30)31)13-17-11-25-9-10-26-17/h1-12H,13H2. The van der Waals surface area contributed by atoms with Crippen molar-refractivity contribution in [2.45, 2.75) is 6.54 Å². The van der Waals surface area contributed by atoms with Crippen LogP contribution >= 0.6 is 23.2 Å². The van der Waals surface area contributed by atoms with Crippen LogP contribution < -0.4 is 10.4 Å². The van der Waals surface area contributed by atoms with Crippen LogP contribution in [0.2, 0.25) is 10.0 Å². The minimum Gasteiger partial charge on any atom is -0.453 e. The van der Waals surface area contributed by atoms with Gasteiger partial charge in [0.1, 0.15) is 5.75 Å². The number of aromatic nitrogens is 6. The molecule has 0 aliphatic carbocycles. The van der Waals surface area contributed by atoms with Crippen molar-refractivity contribution in [1.29, 1.82) is 0 Å². The monoisotopic (exact) mass is 464 g/mol. The number of benzene rings is 2. The van der Waals surface area contributed by atoms with Gasteiger partial charge in [-0.25, -0.2) is 9.48 Å². The fourth-order valence-corrected chi connectivity index (χ4v) is 3.42. The Morgan fingerprint density at radius 1 is 0.906 bits per heavy atom. The molecule has 0 saturated carbocycles. The molecule has 0 unspecified atom stereocenters. The van der Waals surface area contributed by atoms with Gasteiger partial charge >= 0.3 is 5.69 Å². The van der Waals surface area contributed by atoms with Crippen molar-refractivity contribution in [1.82, 2.24) is 29.4 Å². The zero-order valence-electron chi connectivity index (χ0n) is 16.4. The van der Waals surface area contributed by atoms with E-state index in [2.05, 4.69) is 20.2 Å². The van der Waals surface area contributed by atoms with Crippen LogP contribution in [0.15, 0.2) is 78.1 Å². The second-order valence-electron chi connectivity index (χ2n) is 6.82. The van der Waals surface area contributed by atoms with Gasteiger partial charge in [0, 0.05) is 28.0 Å². The van der Waals surface area contributed by atoms with Gasteiger partial charge in [0.25, 0.3) is 0 Å². The van der Waals surface area contributed by atoms with Crippen molar-refractivity contribution >= 4 is 28.8 Å². The highest BCUT2D eigenvalue weighted by molar-refractivity contribution is 6.30. The van der Waals surface area contributed by atoms with Crippen molar-refractivity contribution in [2.75, 3.05) is 0 Å². The maximum Gasteiger partial charge on any atom is 0.367 e. The molecule has 0 radical (unpaired) electrons. The number of hydrogen-bond acceptors (Lipinski definition) is 6. The van der Waals surface area contributed by atoms with E-state index in [0.29, 0.717) is 32.8 Å². The lowest BCUT2D eigenvalue weighted by Crippen LogP contribution is -2.23. The van der Waals surface area contributed by atoms with E-state index in [1.165, 1.54) is 9.20 Å². The van der Waals surface area contributed by atoms with E-state index in [1.807, 2.05) is 12.1 Å². The van der Waals surface area contributed by atoms with Crippen molar-refractivity contribution < 1.29 is 4.74 Å². The Morgan fingerprint density at radius 3 is 2.31 bits per heavy atom. The molecule has 0 atom stereocenters. The lowest BCUT2D eigenvalue weighted by molar-refractivity contribution is 0.484. The summed E-state index contributed by atoms with van der Waals surface area (Å²) >= 11 is 12.1. The van der Waals surface area contributed by atoms with E-state index in [4.69, 9.17) is 27.9 Å². The molecule has 3 aromatic heterocycles. The van der Waals surface area contributed by atoms with Gasteiger partial charge in [-0.05, 0) is 42.0 Å². The molecule has 2 aromatic carbocycles. The number of halogens is 2. The maximum atomic E-state index is 12.9. The van der Waals surface area contributed by atoms with Crippen LogP contribution in [0.5, 0.6) is 11.5 Å². The Labute approximate surface area is 191 Å². The molecule has 0 spiro atoms. The van der Waals surface area contributed by atoms with Gasteiger partial charge in [-0.1, -0.05) is 35.3 Å². The second-order valence-corrected chi connectivity index (χ2v) is 7.70. The van der Waals surface area contributed by atoms with Gasteiger partial charge in [-0.3, -0.25) is 9.97 Å². The average molecular weight is 465 g/mol. The molecule has 3 heterocycles. The third-order valence-electron chi connectivity index (χ3n) is 4.69. The van der Waals surface area contributed by atoms with Crippen LogP contribution in [-0.2, 0) is 6.54 Å². The van der Waals surface area contributed by atoms with Crippen LogP contribution in [0.1, 0.15) is 5.69 Å². The molecule has 5 aromatic rings. The smallest absolute Gasteiger partial charge is 0.367 e. The van der Waals surface area contributed by atoms with E-state index < -0.39 is 5.69 Å². The molecule has 158 valence electrons. The fraction of sp³-hybridized carbons (Fsp3) is 0.0455. The van der Waals surface area contributed by atoms with Gasteiger partial charge in [0.15, 0.2) is 5.75 Å². The first-order valence-corrected chi connectivity index (χ1v) is 10.3. The van der Waals surface area contributed by atoms with E-state index in [1.54, 1.807) is 61.2 Å². The SMILES string of the molecule is O=c1n(Cc2cnccn2)nc2c(Oc3ccc(Cl)cc3)c(-c3ccc(Cl)cc3)cnn12. The molecule has 0 amide bonds. The van der Waals surface area contributed by atoms with Crippen molar-refractivity contribution in [3.8, 4) is 22.6 Å². The van der Waals surface area contributed by atoms with Crippen LogP contribution in [0.25, 0.3) is 16.8 Å². The highest BCUT2D eigenvalue weighted by atomic mass is 35.5. The third kappa shape index (κ3) is 3.93. The second kappa shape index (κ2) is 8.41. The number of rotatable bonds is 5. The van der Waals surface area contributed by atoms with Gasteiger partial charge in [0.2, 0.25) is 5.65 Å². The average Bonchev–Trinajstić information content (AvgIpc) is 3.12. The summed E-state index contributed by atoms with van der Waals surface area (Å²) < 4.78 is 8.65. The number of ether oxygens (including phenoxy) is 1. The Balaban J connectivity index is 1.68. The predicted octanol–water partition coefficient (Wildman–Crippen LogP) is 4.50. The van der Waals surface area contributed by atoms with E-state index in [0.717, 1.165) is 5.56 Å². The molecule has 0 fully saturated rings. The van der Waals surface area contributed by atoms with Gasteiger partial charge in [0.05, 0.1) is 24.6 Å². The predicted molar refractivity (Wildman–Crippen MR) is 120 cm³/mol. The molecule has 0 bridgehead atoms. The van der Waals surface area contributed by atoms with Crippen LogP contribution in [-0.4, -0.2) is 29.4 Å². The Hall–Kier alpha value is -3.75. The summed E-state index contributed by atoms with van der Waals surface area (Å²) in [6, 6.07) is 14.1. The molecule has 0 aliphatic rings. The minimum absolute atomic E-state index is 0.146. The first kappa shape index (κ1) is 20.2. The molecule has 0 saturated heterocycles. The molecule has 0 N–H and O–H groups in total. The molecule has 10 heteroatoms. The van der Waals surface area contributed by atoms with Crippen LogP contribution in [0.3, 0.4) is 0 Å². The van der Waals surface area contributed by atoms with Crippen LogP contribution in [0.4, 0.5) is 0 Å². The fourth-order valence-electron chi connectivity index (χ4n) is 3.16. The summed E-state index contributed by atoms with van der Waals surface area (Å²) in [7, 11) is 0. The number of nitrogens with zero attached hydrogens (tertiary/aromatic N) is 6. The van der Waals surface area contributed by atoms with Crippen molar-refractivity contribution in [3.63, 3.8) is 0 Å². The molecular formula is C22H14Cl2N6O2. The number of hydrogen-bond donors (Lipinski definition) is 0. The highest BCUT2D eigenvalue weighted by Gasteiger charge is 2.19. The minimum atomic E-state index is -0.422. The summed E-state index contributed by atoms with van der Waals surface area (Å²) in [5.41, 5.74) is 1.90.